The highest BCUT2D eigenvalue weighted by molar-refractivity contribution is 8.00. The largest absolute Gasteiger partial charge is 0.491 e. The number of hydrogen-bond donors (Lipinski definition) is 0. The highest BCUT2D eigenvalue weighted by Crippen LogP contribution is 2.40. The number of halogens is 1. The number of nitrogens with zero attached hydrogens (tertiary/aromatic N) is 2. The second-order valence-corrected chi connectivity index (χ2v) is 7.81. The van der Waals surface area contributed by atoms with E-state index in [0.717, 1.165) is 16.9 Å². The van der Waals surface area contributed by atoms with Crippen LogP contribution in [0.2, 0.25) is 5.02 Å². The fourth-order valence-corrected chi connectivity index (χ4v) is 4.41. The van der Waals surface area contributed by atoms with Gasteiger partial charge < -0.3 is 9.64 Å². The number of thioether (sulfide) groups is 1. The molecule has 0 spiro atoms. The molecule has 0 saturated carbocycles. The molecule has 1 heterocycles. The topological polar surface area (TPSA) is 72.7 Å². The highest BCUT2D eigenvalue weighted by atomic mass is 35.5. The second-order valence-electron chi connectivity index (χ2n) is 6.34. The van der Waals surface area contributed by atoms with Crippen LogP contribution in [0.25, 0.3) is 0 Å². The van der Waals surface area contributed by atoms with Gasteiger partial charge in [0.1, 0.15) is 22.8 Å². The molecule has 1 saturated heterocycles. The molecule has 8 heteroatoms. The minimum absolute atomic E-state index is 0.00756. The maximum absolute atomic E-state index is 12.3. The quantitative estimate of drug-likeness (QED) is 0.521. The first-order chi connectivity index (χ1) is 12.9. The van der Waals surface area contributed by atoms with Gasteiger partial charge in [-0.25, -0.2) is 0 Å². The van der Waals surface area contributed by atoms with Gasteiger partial charge in [-0.3, -0.25) is 14.9 Å². The van der Waals surface area contributed by atoms with Crippen molar-refractivity contribution in [3.8, 4) is 5.75 Å². The monoisotopic (exact) mass is 406 g/mol. The van der Waals surface area contributed by atoms with E-state index in [4.69, 9.17) is 16.3 Å². The average molecular weight is 407 g/mol. The molecule has 1 aliphatic heterocycles. The van der Waals surface area contributed by atoms with Gasteiger partial charge in [0.25, 0.3) is 5.69 Å². The van der Waals surface area contributed by atoms with Gasteiger partial charge in [-0.05, 0) is 37.1 Å². The number of hydrogen-bond acceptors (Lipinski definition) is 5. The predicted molar refractivity (Wildman–Crippen MR) is 106 cm³/mol. The molecule has 0 radical (unpaired) electrons. The van der Waals surface area contributed by atoms with E-state index in [1.54, 1.807) is 11.0 Å². The molecule has 1 amide bonds. The molecule has 2 aromatic rings. The normalized spacial score (nSPS) is 16.6. The van der Waals surface area contributed by atoms with Crippen LogP contribution in [0, 0.1) is 24.0 Å². The fourth-order valence-electron chi connectivity index (χ4n) is 3.01. The molecule has 27 heavy (non-hydrogen) atoms. The number of amides is 1. The van der Waals surface area contributed by atoms with E-state index in [0.29, 0.717) is 24.5 Å². The summed E-state index contributed by atoms with van der Waals surface area (Å²) in [6.45, 7) is 4.75. The third kappa shape index (κ3) is 4.36. The van der Waals surface area contributed by atoms with Crippen molar-refractivity contribution in [2.75, 3.05) is 18.9 Å². The van der Waals surface area contributed by atoms with Gasteiger partial charge >= 0.3 is 0 Å². The van der Waals surface area contributed by atoms with Gasteiger partial charge in [-0.2, -0.15) is 0 Å². The maximum Gasteiger partial charge on any atom is 0.288 e. The summed E-state index contributed by atoms with van der Waals surface area (Å²) in [6, 6.07) is 10.6. The van der Waals surface area contributed by atoms with Crippen LogP contribution in [-0.4, -0.2) is 34.6 Å². The molecule has 3 rings (SSSR count). The van der Waals surface area contributed by atoms with Crippen LogP contribution in [-0.2, 0) is 4.79 Å². The number of aryl methyl sites for hydroxylation is 2. The first-order valence-corrected chi connectivity index (χ1v) is 9.84. The molecule has 1 atom stereocenters. The van der Waals surface area contributed by atoms with Gasteiger partial charge in [0.05, 0.1) is 17.2 Å². The number of benzene rings is 2. The van der Waals surface area contributed by atoms with Crippen molar-refractivity contribution in [1.29, 1.82) is 0 Å². The van der Waals surface area contributed by atoms with Gasteiger partial charge in [0.2, 0.25) is 5.91 Å². The predicted octanol–water partition coefficient (Wildman–Crippen LogP) is 4.52. The third-order valence-corrected chi connectivity index (χ3v) is 5.92. The SMILES string of the molecule is Cc1ccc(OCCN2C(=O)CS[C@H]2c2ccc(Cl)c([N+](=O)[O-])c2)c(C)c1. The van der Waals surface area contributed by atoms with Crippen molar-refractivity contribution in [3.63, 3.8) is 0 Å². The Labute approximate surface area is 166 Å². The Bertz CT molecular complexity index is 890. The Morgan fingerprint density at radius 3 is 2.78 bits per heavy atom. The third-order valence-electron chi connectivity index (χ3n) is 4.34. The molecule has 0 N–H and O–H groups in total. The van der Waals surface area contributed by atoms with E-state index in [-0.39, 0.29) is 22.0 Å². The van der Waals surface area contributed by atoms with Gasteiger partial charge in [0.15, 0.2) is 0 Å². The van der Waals surface area contributed by atoms with Crippen molar-refractivity contribution < 1.29 is 14.5 Å². The first-order valence-electron chi connectivity index (χ1n) is 8.42. The molecule has 6 nitrogen and oxygen atoms in total. The lowest BCUT2D eigenvalue weighted by Crippen LogP contribution is -2.32. The summed E-state index contributed by atoms with van der Waals surface area (Å²) in [6.07, 6.45) is 0. The number of nitro benzene ring substituents is 1. The Morgan fingerprint density at radius 1 is 1.30 bits per heavy atom. The summed E-state index contributed by atoms with van der Waals surface area (Å²) < 4.78 is 5.83. The Kier molecular flexibility index (Phi) is 5.92. The minimum atomic E-state index is -0.513. The number of ether oxygens (including phenoxy) is 1. The van der Waals surface area contributed by atoms with Crippen molar-refractivity contribution in [3.05, 3.63) is 68.2 Å². The van der Waals surface area contributed by atoms with Crippen molar-refractivity contribution in [2.24, 2.45) is 0 Å². The van der Waals surface area contributed by atoms with Crippen LogP contribution in [0.4, 0.5) is 5.69 Å². The molecule has 0 unspecified atom stereocenters. The lowest BCUT2D eigenvalue weighted by Gasteiger charge is -2.24. The van der Waals surface area contributed by atoms with E-state index >= 15 is 0 Å². The van der Waals surface area contributed by atoms with Gasteiger partial charge in [0, 0.05) is 6.07 Å². The number of rotatable bonds is 6. The van der Waals surface area contributed by atoms with Crippen LogP contribution < -0.4 is 4.74 Å². The zero-order valence-electron chi connectivity index (χ0n) is 15.0. The Morgan fingerprint density at radius 2 is 2.07 bits per heavy atom. The molecule has 2 aromatic carbocycles. The van der Waals surface area contributed by atoms with E-state index in [1.807, 2.05) is 32.0 Å². The van der Waals surface area contributed by atoms with Crippen molar-refractivity contribution >= 4 is 35.0 Å². The molecule has 0 aromatic heterocycles. The average Bonchev–Trinajstić information content (AvgIpc) is 2.98. The molecule has 1 fully saturated rings. The molecule has 142 valence electrons. The van der Waals surface area contributed by atoms with E-state index in [2.05, 4.69) is 0 Å². The van der Waals surface area contributed by atoms with Gasteiger partial charge in [-0.1, -0.05) is 35.4 Å². The maximum atomic E-state index is 12.3. The highest BCUT2D eigenvalue weighted by Gasteiger charge is 2.33. The summed E-state index contributed by atoms with van der Waals surface area (Å²) >= 11 is 7.34. The molecule has 1 aliphatic rings. The molecular weight excluding hydrogens is 388 g/mol. The number of carbonyl (C=O) groups is 1. The summed E-state index contributed by atoms with van der Waals surface area (Å²) in [4.78, 5) is 24.6. The Balaban J connectivity index is 1.71. The van der Waals surface area contributed by atoms with E-state index < -0.39 is 4.92 Å². The van der Waals surface area contributed by atoms with Crippen LogP contribution in [0.15, 0.2) is 36.4 Å². The Hall–Kier alpha value is -2.25. The van der Waals surface area contributed by atoms with Crippen LogP contribution in [0.3, 0.4) is 0 Å². The summed E-state index contributed by atoms with van der Waals surface area (Å²) in [5.41, 5.74) is 2.74. The summed E-state index contributed by atoms with van der Waals surface area (Å²) in [5, 5.41) is 10.9. The van der Waals surface area contributed by atoms with Crippen LogP contribution in [0.5, 0.6) is 5.75 Å². The summed E-state index contributed by atoms with van der Waals surface area (Å²) in [5.74, 6) is 1.12. The van der Waals surface area contributed by atoms with E-state index in [1.165, 1.54) is 23.9 Å². The van der Waals surface area contributed by atoms with Crippen molar-refractivity contribution in [1.82, 2.24) is 4.90 Å². The van der Waals surface area contributed by atoms with Crippen LogP contribution in [0.1, 0.15) is 22.1 Å². The van der Waals surface area contributed by atoms with E-state index in [9.17, 15) is 14.9 Å². The molecular formula is C19H19ClN2O4S. The van der Waals surface area contributed by atoms with Gasteiger partial charge in [-0.15, -0.1) is 11.8 Å². The lowest BCUT2D eigenvalue weighted by atomic mass is 10.1. The zero-order chi connectivity index (χ0) is 19.6. The molecule has 0 bridgehead atoms. The zero-order valence-corrected chi connectivity index (χ0v) is 16.5. The fraction of sp³-hybridized carbons (Fsp3) is 0.316. The number of carbonyl (C=O) groups excluding carboxylic acids is 1. The molecule has 0 aliphatic carbocycles. The van der Waals surface area contributed by atoms with Crippen molar-refractivity contribution in [2.45, 2.75) is 19.2 Å². The first kappa shape index (κ1) is 19.5. The van der Waals surface area contributed by atoms with Crippen LogP contribution >= 0.6 is 23.4 Å². The smallest absolute Gasteiger partial charge is 0.288 e. The lowest BCUT2D eigenvalue weighted by molar-refractivity contribution is -0.384. The standard InChI is InChI=1S/C19H19ClN2O4S/c1-12-3-6-17(13(2)9-12)26-8-7-21-18(23)11-27-19(21)14-4-5-15(20)16(10-14)22(24)25/h3-6,9-10,19H,7-8,11H2,1-2H3/t19-/m0/s1. The minimum Gasteiger partial charge on any atom is -0.491 e. The second kappa shape index (κ2) is 8.19. The number of nitro groups is 1. The summed E-state index contributed by atoms with van der Waals surface area (Å²) in [7, 11) is 0.